The molecule has 18 heavy (non-hydrogen) atoms. The van der Waals surface area contributed by atoms with Crippen molar-refractivity contribution < 1.29 is 5.11 Å². The average molecular weight is 286 g/mol. The molecule has 1 heterocycles. The maximum absolute atomic E-state index is 10.4. The topological polar surface area (TPSA) is 68.9 Å². The smallest absolute Gasteiger partial charge is 0.185 e. The van der Waals surface area contributed by atoms with Crippen LogP contribution in [0.15, 0.2) is 0 Å². The largest absolute Gasteiger partial charge is 0.388 e. The first-order valence-corrected chi connectivity index (χ1v) is 7.24. The summed E-state index contributed by atoms with van der Waals surface area (Å²) in [6.07, 6.45) is 3.73. The Bertz CT molecular complexity index is 460. The number of aliphatic hydroxyl groups is 1. The lowest BCUT2D eigenvalue weighted by molar-refractivity contribution is 0.00501. The molecule has 0 atom stereocenters. The van der Waals surface area contributed by atoms with Crippen LogP contribution in [0, 0.1) is 17.2 Å². The van der Waals surface area contributed by atoms with Gasteiger partial charge in [-0.3, -0.25) is 0 Å². The highest BCUT2D eigenvalue weighted by atomic mass is 35.5. The van der Waals surface area contributed by atoms with Crippen molar-refractivity contribution in [2.45, 2.75) is 38.2 Å². The number of nitrogens with one attached hydrogen (secondary N) is 1. The third-order valence-electron chi connectivity index (χ3n) is 3.46. The number of rotatable bonds is 3. The Hall–Kier alpha value is -0.830. The number of hydrogen-bond donors (Lipinski definition) is 2. The molecule has 1 aromatic heterocycles. The molecule has 0 spiro atoms. The van der Waals surface area contributed by atoms with Gasteiger partial charge in [0.15, 0.2) is 10.3 Å². The molecular weight excluding hydrogens is 270 g/mol. The van der Waals surface area contributed by atoms with Crippen molar-refractivity contribution in [1.82, 2.24) is 4.98 Å². The number of anilines is 1. The zero-order chi connectivity index (χ0) is 13.2. The second kappa shape index (κ2) is 5.43. The summed E-state index contributed by atoms with van der Waals surface area (Å²) >= 11 is 7.02. The minimum Gasteiger partial charge on any atom is -0.388 e. The lowest BCUT2D eigenvalue weighted by Gasteiger charge is -2.34. The Morgan fingerprint density at radius 3 is 2.83 bits per heavy atom. The minimum atomic E-state index is -0.655. The van der Waals surface area contributed by atoms with Crippen molar-refractivity contribution in [2.24, 2.45) is 5.92 Å². The number of nitriles is 1. The standard InChI is InChI=1S/C12H16ClN3OS/c1-8-2-4-12(17,5-3-8)7-15-11-16-10(13)9(6-14)18-11/h8,17H,2-5,7H2,1H3,(H,15,16). The number of thiazole rings is 1. The molecule has 0 aromatic carbocycles. The molecule has 0 radical (unpaired) electrons. The Labute approximate surface area is 116 Å². The van der Waals surface area contributed by atoms with Gasteiger partial charge in [-0.2, -0.15) is 5.26 Å². The maximum Gasteiger partial charge on any atom is 0.185 e. The third-order valence-corrected chi connectivity index (χ3v) is 4.76. The van der Waals surface area contributed by atoms with Crippen molar-refractivity contribution in [3.05, 3.63) is 10.0 Å². The summed E-state index contributed by atoms with van der Waals surface area (Å²) in [5.41, 5.74) is -0.655. The first-order valence-electron chi connectivity index (χ1n) is 6.05. The van der Waals surface area contributed by atoms with Crippen LogP contribution in [0.25, 0.3) is 0 Å². The number of aromatic nitrogens is 1. The molecule has 0 aliphatic heterocycles. The molecular formula is C12H16ClN3OS. The van der Waals surface area contributed by atoms with Crippen LogP contribution in [0.4, 0.5) is 5.13 Å². The fourth-order valence-corrected chi connectivity index (χ4v) is 3.11. The van der Waals surface area contributed by atoms with Crippen LogP contribution in [0.2, 0.25) is 5.15 Å². The van der Waals surface area contributed by atoms with Gasteiger partial charge in [-0.15, -0.1) is 0 Å². The average Bonchev–Trinajstić information content (AvgIpc) is 2.72. The molecule has 1 aliphatic carbocycles. The van der Waals surface area contributed by atoms with Crippen LogP contribution in [-0.2, 0) is 0 Å². The first kappa shape index (κ1) is 13.6. The van der Waals surface area contributed by atoms with Crippen LogP contribution in [0.3, 0.4) is 0 Å². The minimum absolute atomic E-state index is 0.231. The normalized spacial score (nSPS) is 27.8. The van der Waals surface area contributed by atoms with E-state index in [0.717, 1.165) is 25.7 Å². The van der Waals surface area contributed by atoms with E-state index in [2.05, 4.69) is 17.2 Å². The summed E-state index contributed by atoms with van der Waals surface area (Å²) in [5.74, 6) is 0.699. The van der Waals surface area contributed by atoms with E-state index < -0.39 is 5.60 Å². The van der Waals surface area contributed by atoms with Crippen molar-refractivity contribution in [3.63, 3.8) is 0 Å². The van der Waals surface area contributed by atoms with Gasteiger partial charge in [-0.25, -0.2) is 4.98 Å². The molecule has 2 N–H and O–H groups in total. The molecule has 1 saturated carbocycles. The Balaban J connectivity index is 1.93. The summed E-state index contributed by atoms with van der Waals surface area (Å²) < 4.78 is 0. The second-order valence-electron chi connectivity index (χ2n) is 5.01. The van der Waals surface area contributed by atoms with E-state index in [1.165, 1.54) is 11.3 Å². The van der Waals surface area contributed by atoms with E-state index in [1.807, 2.05) is 6.07 Å². The highest BCUT2D eigenvalue weighted by molar-refractivity contribution is 7.16. The van der Waals surface area contributed by atoms with E-state index in [4.69, 9.17) is 16.9 Å². The molecule has 1 aromatic rings. The highest BCUT2D eigenvalue weighted by Crippen LogP contribution is 2.33. The van der Waals surface area contributed by atoms with Gasteiger partial charge < -0.3 is 10.4 Å². The van der Waals surface area contributed by atoms with Crippen molar-refractivity contribution in [3.8, 4) is 6.07 Å². The predicted octanol–water partition coefficient (Wildman–Crippen LogP) is 3.02. The molecule has 98 valence electrons. The van der Waals surface area contributed by atoms with Crippen molar-refractivity contribution in [1.29, 1.82) is 5.26 Å². The lowest BCUT2D eigenvalue weighted by atomic mass is 9.79. The van der Waals surface area contributed by atoms with E-state index in [-0.39, 0.29) is 5.15 Å². The quantitative estimate of drug-likeness (QED) is 0.896. The fraction of sp³-hybridized carbons (Fsp3) is 0.667. The number of hydrogen-bond acceptors (Lipinski definition) is 5. The van der Waals surface area contributed by atoms with Crippen LogP contribution >= 0.6 is 22.9 Å². The molecule has 6 heteroatoms. The molecule has 0 amide bonds. The van der Waals surface area contributed by atoms with Crippen LogP contribution in [-0.4, -0.2) is 22.2 Å². The van der Waals surface area contributed by atoms with Gasteiger partial charge in [-0.05, 0) is 31.6 Å². The van der Waals surface area contributed by atoms with Gasteiger partial charge in [0.05, 0.1) is 5.60 Å². The van der Waals surface area contributed by atoms with E-state index in [9.17, 15) is 5.11 Å². The van der Waals surface area contributed by atoms with Gasteiger partial charge in [0.1, 0.15) is 10.9 Å². The van der Waals surface area contributed by atoms with Crippen molar-refractivity contribution in [2.75, 3.05) is 11.9 Å². The number of halogens is 1. The summed E-state index contributed by atoms with van der Waals surface area (Å²) in [5, 5.41) is 23.1. The Morgan fingerprint density at radius 2 is 2.28 bits per heavy atom. The van der Waals surface area contributed by atoms with Gasteiger partial charge in [0.2, 0.25) is 0 Å². The SMILES string of the molecule is CC1CCC(O)(CNc2nc(Cl)c(C#N)s2)CC1. The molecule has 0 saturated heterocycles. The maximum atomic E-state index is 10.4. The summed E-state index contributed by atoms with van der Waals surface area (Å²) in [7, 11) is 0. The van der Waals surface area contributed by atoms with Crippen LogP contribution in [0.1, 0.15) is 37.5 Å². The van der Waals surface area contributed by atoms with Crippen LogP contribution in [0.5, 0.6) is 0 Å². The molecule has 0 bridgehead atoms. The number of nitrogens with zero attached hydrogens (tertiary/aromatic N) is 2. The zero-order valence-electron chi connectivity index (χ0n) is 10.2. The Kier molecular flexibility index (Phi) is 4.10. The van der Waals surface area contributed by atoms with Crippen molar-refractivity contribution >= 4 is 28.1 Å². The molecule has 4 nitrogen and oxygen atoms in total. The predicted molar refractivity (Wildman–Crippen MR) is 72.9 cm³/mol. The first-order chi connectivity index (χ1) is 8.52. The lowest BCUT2D eigenvalue weighted by Crippen LogP contribution is -2.40. The van der Waals surface area contributed by atoms with Gasteiger partial charge in [0, 0.05) is 6.54 Å². The summed E-state index contributed by atoms with van der Waals surface area (Å²) in [4.78, 5) is 4.46. The Morgan fingerprint density at radius 1 is 1.61 bits per heavy atom. The van der Waals surface area contributed by atoms with E-state index in [1.54, 1.807) is 0 Å². The van der Waals surface area contributed by atoms with E-state index >= 15 is 0 Å². The molecule has 0 unspecified atom stereocenters. The second-order valence-corrected chi connectivity index (χ2v) is 6.37. The molecule has 1 fully saturated rings. The highest BCUT2D eigenvalue weighted by Gasteiger charge is 2.31. The molecule has 1 aliphatic rings. The zero-order valence-corrected chi connectivity index (χ0v) is 11.8. The van der Waals surface area contributed by atoms with Crippen LogP contribution < -0.4 is 5.32 Å². The van der Waals surface area contributed by atoms with E-state index in [0.29, 0.717) is 22.5 Å². The molecule has 2 rings (SSSR count). The fourth-order valence-electron chi connectivity index (χ4n) is 2.16. The van der Waals surface area contributed by atoms with Gasteiger partial charge >= 0.3 is 0 Å². The third kappa shape index (κ3) is 3.14. The van der Waals surface area contributed by atoms with Gasteiger partial charge in [-0.1, -0.05) is 29.9 Å². The summed E-state index contributed by atoms with van der Waals surface area (Å²) in [6, 6.07) is 1.99. The summed E-state index contributed by atoms with van der Waals surface area (Å²) in [6.45, 7) is 2.68. The van der Waals surface area contributed by atoms with Gasteiger partial charge in [0.25, 0.3) is 0 Å². The monoisotopic (exact) mass is 285 g/mol.